The van der Waals surface area contributed by atoms with Crippen LogP contribution in [0.1, 0.15) is 37.7 Å². The number of hydrogen-bond donors (Lipinski definition) is 3. The maximum Gasteiger partial charge on any atom is 0.220 e. The van der Waals surface area contributed by atoms with Crippen LogP contribution < -0.4 is 0 Å². The predicted octanol–water partition coefficient (Wildman–Crippen LogP) is 1.59. The first-order valence-electron chi connectivity index (χ1n) is 7.00. The van der Waals surface area contributed by atoms with E-state index in [4.69, 9.17) is 0 Å². The Hall–Kier alpha value is -3.42. The van der Waals surface area contributed by atoms with Crippen LogP contribution >= 0.6 is 0 Å². The minimum absolute atomic E-state index is 0.0262. The molecule has 0 aliphatic heterocycles. The average Bonchev–Trinajstić information content (AvgIpc) is 3.14. The first-order valence-corrected chi connectivity index (χ1v) is 7.00. The molecular weight excluding hydrogens is 317 g/mol. The van der Waals surface area contributed by atoms with Crippen LogP contribution in [0.15, 0.2) is 30.6 Å². The third-order valence-electron chi connectivity index (χ3n) is 4.00. The lowest BCUT2D eigenvalue weighted by molar-refractivity contribution is 0.0971. The molecule has 0 bridgehead atoms. The highest BCUT2D eigenvalue weighted by Crippen LogP contribution is 2.40. The zero-order valence-electron chi connectivity index (χ0n) is 12.1. The van der Waals surface area contributed by atoms with Gasteiger partial charge >= 0.3 is 0 Å². The fourth-order valence-electron chi connectivity index (χ4n) is 2.83. The molecule has 2 heterocycles. The van der Waals surface area contributed by atoms with E-state index in [9.17, 15) is 24.2 Å². The van der Waals surface area contributed by atoms with Crippen molar-refractivity contribution in [1.29, 1.82) is 0 Å². The largest absolute Gasteiger partial charge is 0.494 e. The monoisotopic (exact) mass is 327 g/mol. The fraction of sp³-hybridized carbons (Fsp3) is 0.0625. The Labute approximate surface area is 134 Å². The van der Waals surface area contributed by atoms with E-state index < -0.39 is 29.1 Å². The minimum Gasteiger partial charge on any atom is -0.494 e. The van der Waals surface area contributed by atoms with Gasteiger partial charge in [0.1, 0.15) is 28.3 Å². The topological polar surface area (TPSA) is 108 Å². The molecule has 0 saturated heterocycles. The van der Waals surface area contributed by atoms with Crippen LogP contribution in [-0.4, -0.2) is 36.3 Å². The number of ketones is 2. The van der Waals surface area contributed by atoms with Crippen molar-refractivity contribution in [3.8, 4) is 11.8 Å². The van der Waals surface area contributed by atoms with Crippen LogP contribution in [0.2, 0.25) is 0 Å². The molecule has 0 radical (unpaired) electrons. The molecule has 0 atom stereocenters. The summed E-state index contributed by atoms with van der Waals surface area (Å²) in [6.07, 6.45) is 1.20. The fourth-order valence-corrected chi connectivity index (χ4v) is 2.83. The number of benzene rings is 1. The zero-order valence-corrected chi connectivity index (χ0v) is 12.1. The van der Waals surface area contributed by atoms with E-state index in [-0.39, 0.29) is 29.1 Å². The molecule has 8 heteroatoms. The van der Waals surface area contributed by atoms with Crippen molar-refractivity contribution in [2.24, 2.45) is 0 Å². The number of aromatic nitrogens is 3. The molecule has 3 aromatic rings. The van der Waals surface area contributed by atoms with Crippen molar-refractivity contribution in [2.45, 2.75) is 6.54 Å². The normalized spacial score (nSPS) is 13.0. The van der Waals surface area contributed by atoms with Crippen molar-refractivity contribution in [1.82, 2.24) is 14.5 Å². The smallest absolute Gasteiger partial charge is 0.220 e. The first kappa shape index (κ1) is 14.2. The van der Waals surface area contributed by atoms with Gasteiger partial charge in [-0.2, -0.15) is 0 Å². The Balaban J connectivity index is 1.85. The highest BCUT2D eigenvalue weighted by atomic mass is 19.1. The molecule has 24 heavy (non-hydrogen) atoms. The Morgan fingerprint density at radius 1 is 1.04 bits per heavy atom. The minimum atomic E-state index is -0.647. The second kappa shape index (κ2) is 4.79. The van der Waals surface area contributed by atoms with Gasteiger partial charge < -0.3 is 15.2 Å². The van der Waals surface area contributed by atoms with E-state index in [2.05, 4.69) is 9.97 Å². The van der Waals surface area contributed by atoms with Gasteiger partial charge in [0.25, 0.3) is 0 Å². The molecule has 1 aromatic carbocycles. The second-order valence-electron chi connectivity index (χ2n) is 5.39. The number of nitrogens with one attached hydrogen (secondary N) is 1. The average molecular weight is 327 g/mol. The number of nitrogens with zero attached hydrogens (tertiary/aromatic N) is 2. The van der Waals surface area contributed by atoms with Gasteiger partial charge in [0.2, 0.25) is 23.3 Å². The molecule has 0 amide bonds. The molecule has 7 nitrogen and oxygen atoms in total. The Morgan fingerprint density at radius 3 is 2.33 bits per heavy atom. The van der Waals surface area contributed by atoms with E-state index in [1.165, 1.54) is 30.6 Å². The lowest BCUT2D eigenvalue weighted by Crippen LogP contribution is -2.19. The number of aromatic amines is 1. The van der Waals surface area contributed by atoms with Crippen LogP contribution in [0.4, 0.5) is 4.39 Å². The van der Waals surface area contributed by atoms with Crippen molar-refractivity contribution in [2.75, 3.05) is 0 Å². The summed E-state index contributed by atoms with van der Waals surface area (Å²) in [5.74, 6) is -2.74. The van der Waals surface area contributed by atoms with Gasteiger partial charge in [0, 0.05) is 0 Å². The number of carbonyl (C=O) groups is 2. The number of imidazole rings is 1. The van der Waals surface area contributed by atoms with Gasteiger partial charge in [-0.3, -0.25) is 14.2 Å². The summed E-state index contributed by atoms with van der Waals surface area (Å²) in [6.45, 7) is -0.0349. The molecule has 0 saturated carbocycles. The number of hydrogen-bond acceptors (Lipinski definition) is 5. The summed E-state index contributed by atoms with van der Waals surface area (Å²) in [4.78, 5) is 31.2. The summed E-state index contributed by atoms with van der Waals surface area (Å²) < 4.78 is 14.0. The van der Waals surface area contributed by atoms with Crippen LogP contribution in [-0.2, 0) is 6.54 Å². The summed E-state index contributed by atoms with van der Waals surface area (Å²) in [7, 11) is 0. The number of halogens is 1. The van der Waals surface area contributed by atoms with Crippen molar-refractivity contribution >= 4 is 11.6 Å². The van der Waals surface area contributed by atoms with E-state index >= 15 is 0 Å². The summed E-state index contributed by atoms with van der Waals surface area (Å²) in [6, 6.07) is 5.41. The molecule has 1 aliphatic rings. The molecule has 3 N–H and O–H groups in total. The standard InChI is InChI=1S/C16H10FN3O4/c17-8-3-1-7(2-4-8)5-20-15(23)9-10(16(20)24)14(22)12-11(13(9)21)18-6-19-12/h1-4,6,23-24H,5H2,(H,18,19). The van der Waals surface area contributed by atoms with Crippen molar-refractivity contribution < 1.29 is 24.2 Å². The van der Waals surface area contributed by atoms with Crippen LogP contribution in [0, 0.1) is 5.82 Å². The molecular formula is C16H10FN3O4. The van der Waals surface area contributed by atoms with Gasteiger partial charge in [0.15, 0.2) is 0 Å². The Morgan fingerprint density at radius 2 is 1.67 bits per heavy atom. The van der Waals surface area contributed by atoms with E-state index in [1.54, 1.807) is 0 Å². The van der Waals surface area contributed by atoms with Crippen LogP contribution in [0.3, 0.4) is 0 Å². The van der Waals surface area contributed by atoms with Gasteiger partial charge in [-0.1, -0.05) is 12.1 Å². The maximum absolute atomic E-state index is 13.0. The number of fused-ring (bicyclic) bond motifs is 2. The SMILES string of the molecule is O=C1c2nc[nH]c2C(=O)c2c1c(O)n(Cc1ccc(F)cc1)c2O. The van der Waals surface area contributed by atoms with Crippen LogP contribution in [0.5, 0.6) is 11.8 Å². The third kappa shape index (κ3) is 1.79. The Kier molecular flexibility index (Phi) is 2.83. The van der Waals surface area contributed by atoms with E-state index in [1.807, 2.05) is 0 Å². The van der Waals surface area contributed by atoms with Crippen molar-refractivity contribution in [3.05, 3.63) is 64.5 Å². The number of aromatic hydroxyl groups is 2. The molecule has 0 unspecified atom stereocenters. The molecule has 0 fully saturated rings. The quantitative estimate of drug-likeness (QED) is 0.518. The van der Waals surface area contributed by atoms with Gasteiger partial charge in [-0.05, 0) is 17.7 Å². The molecule has 2 aromatic heterocycles. The highest BCUT2D eigenvalue weighted by molar-refractivity contribution is 6.29. The highest BCUT2D eigenvalue weighted by Gasteiger charge is 2.40. The summed E-state index contributed by atoms with van der Waals surface area (Å²) in [5.41, 5.74) is -0.0927. The number of rotatable bonds is 2. The maximum atomic E-state index is 13.0. The first-order chi connectivity index (χ1) is 11.5. The molecule has 4 rings (SSSR count). The Bertz CT molecular complexity index is 947. The number of H-pyrrole nitrogens is 1. The second-order valence-corrected chi connectivity index (χ2v) is 5.39. The lowest BCUT2D eigenvalue weighted by Gasteiger charge is -2.08. The predicted molar refractivity (Wildman–Crippen MR) is 78.7 cm³/mol. The van der Waals surface area contributed by atoms with E-state index in [0.29, 0.717) is 5.56 Å². The van der Waals surface area contributed by atoms with Crippen molar-refractivity contribution in [3.63, 3.8) is 0 Å². The molecule has 0 spiro atoms. The zero-order chi connectivity index (χ0) is 17.0. The third-order valence-corrected chi connectivity index (χ3v) is 4.00. The van der Waals surface area contributed by atoms with Crippen LogP contribution in [0.25, 0.3) is 0 Å². The van der Waals surface area contributed by atoms with Gasteiger partial charge in [-0.15, -0.1) is 0 Å². The summed E-state index contributed by atoms with van der Waals surface area (Å²) in [5, 5.41) is 20.7. The number of carbonyl (C=O) groups excluding carboxylic acids is 2. The van der Waals surface area contributed by atoms with E-state index in [0.717, 1.165) is 4.57 Å². The molecule has 1 aliphatic carbocycles. The summed E-state index contributed by atoms with van der Waals surface area (Å²) >= 11 is 0. The lowest BCUT2D eigenvalue weighted by atomic mass is 9.93. The van der Waals surface area contributed by atoms with Gasteiger partial charge in [-0.25, -0.2) is 9.37 Å². The van der Waals surface area contributed by atoms with Gasteiger partial charge in [0.05, 0.1) is 12.9 Å². The molecule has 120 valence electrons.